The lowest BCUT2D eigenvalue weighted by Crippen LogP contribution is -2.36. The van der Waals surface area contributed by atoms with E-state index in [1.54, 1.807) is 25.6 Å². The second kappa shape index (κ2) is 9.39. The van der Waals surface area contributed by atoms with Gasteiger partial charge in [0.1, 0.15) is 11.5 Å². The fourth-order valence-electron chi connectivity index (χ4n) is 3.64. The Hall–Kier alpha value is -3.41. The van der Waals surface area contributed by atoms with Crippen LogP contribution in [0.3, 0.4) is 0 Å². The van der Waals surface area contributed by atoms with Crippen molar-refractivity contribution in [3.8, 4) is 28.6 Å². The summed E-state index contributed by atoms with van der Waals surface area (Å²) in [6.07, 6.45) is 9.15. The quantitative estimate of drug-likeness (QED) is 0.626. The van der Waals surface area contributed by atoms with Gasteiger partial charge in [-0.25, -0.2) is 9.97 Å². The summed E-state index contributed by atoms with van der Waals surface area (Å²) < 4.78 is 10.9. The molecule has 30 heavy (non-hydrogen) atoms. The minimum absolute atomic E-state index is 0.0253. The number of carbonyl (C=O) groups excluding carboxylic acids is 1. The van der Waals surface area contributed by atoms with Gasteiger partial charge < -0.3 is 14.8 Å². The van der Waals surface area contributed by atoms with Crippen LogP contribution >= 0.6 is 0 Å². The molecule has 6 heteroatoms. The number of amides is 1. The van der Waals surface area contributed by atoms with Gasteiger partial charge in [-0.05, 0) is 42.7 Å². The smallest absolute Gasteiger partial charge is 0.321 e. The van der Waals surface area contributed by atoms with Gasteiger partial charge in [0.25, 0.3) is 5.91 Å². The fraction of sp³-hybridized carbons (Fsp3) is 0.292. The van der Waals surface area contributed by atoms with Crippen LogP contribution in [0.5, 0.6) is 17.5 Å². The second-order valence-electron chi connectivity index (χ2n) is 7.42. The number of ether oxygens (including phenoxy) is 2. The lowest BCUT2D eigenvalue weighted by molar-refractivity contribution is 0.0927. The molecule has 3 aromatic rings. The molecule has 1 amide bonds. The number of nitrogens with one attached hydrogen (secondary N) is 1. The normalized spacial score (nSPS) is 14.2. The monoisotopic (exact) mass is 403 g/mol. The van der Waals surface area contributed by atoms with Crippen molar-refractivity contribution in [1.82, 2.24) is 15.3 Å². The average molecular weight is 403 g/mol. The molecule has 0 aliphatic heterocycles. The van der Waals surface area contributed by atoms with E-state index in [1.165, 1.54) is 19.3 Å². The highest BCUT2D eigenvalue weighted by Crippen LogP contribution is 2.25. The van der Waals surface area contributed by atoms with Crippen LogP contribution in [0.4, 0.5) is 0 Å². The van der Waals surface area contributed by atoms with E-state index in [4.69, 9.17) is 9.47 Å². The molecule has 154 valence electrons. The van der Waals surface area contributed by atoms with E-state index in [0.29, 0.717) is 17.1 Å². The molecule has 1 aliphatic rings. The number of benzene rings is 2. The predicted molar refractivity (Wildman–Crippen MR) is 115 cm³/mol. The minimum Gasteiger partial charge on any atom is -0.497 e. The first-order valence-corrected chi connectivity index (χ1v) is 10.3. The topological polar surface area (TPSA) is 73.3 Å². The van der Waals surface area contributed by atoms with Gasteiger partial charge >= 0.3 is 6.01 Å². The maximum absolute atomic E-state index is 12.6. The van der Waals surface area contributed by atoms with Crippen molar-refractivity contribution in [2.45, 2.75) is 38.1 Å². The van der Waals surface area contributed by atoms with Crippen LogP contribution in [0, 0.1) is 0 Å². The molecule has 1 N–H and O–H groups in total. The summed E-state index contributed by atoms with van der Waals surface area (Å²) in [4.78, 5) is 21.2. The third-order valence-electron chi connectivity index (χ3n) is 5.28. The van der Waals surface area contributed by atoms with Gasteiger partial charge in [0, 0.05) is 35.6 Å². The average Bonchev–Trinajstić information content (AvgIpc) is 2.80. The third kappa shape index (κ3) is 4.95. The Morgan fingerprint density at radius 3 is 2.43 bits per heavy atom. The molecule has 0 unspecified atom stereocenters. The Morgan fingerprint density at radius 2 is 1.67 bits per heavy atom. The summed E-state index contributed by atoms with van der Waals surface area (Å²) in [6, 6.07) is 15.3. The van der Waals surface area contributed by atoms with Crippen molar-refractivity contribution in [2.24, 2.45) is 0 Å². The van der Waals surface area contributed by atoms with Gasteiger partial charge in [-0.3, -0.25) is 4.79 Å². The number of hydrogen-bond donors (Lipinski definition) is 1. The summed E-state index contributed by atoms with van der Waals surface area (Å²) in [5.41, 5.74) is 2.36. The molecule has 1 fully saturated rings. The van der Waals surface area contributed by atoms with Crippen molar-refractivity contribution in [2.75, 3.05) is 7.11 Å². The molecule has 0 spiro atoms. The van der Waals surface area contributed by atoms with E-state index in [2.05, 4.69) is 15.3 Å². The van der Waals surface area contributed by atoms with Crippen molar-refractivity contribution in [3.63, 3.8) is 0 Å². The van der Waals surface area contributed by atoms with Crippen LogP contribution in [0.25, 0.3) is 11.1 Å². The van der Waals surface area contributed by atoms with E-state index < -0.39 is 0 Å². The summed E-state index contributed by atoms with van der Waals surface area (Å²) in [5, 5.41) is 3.16. The molecule has 0 saturated heterocycles. The lowest BCUT2D eigenvalue weighted by atomic mass is 9.95. The number of carbonyl (C=O) groups is 1. The van der Waals surface area contributed by atoms with Gasteiger partial charge in [0.05, 0.1) is 7.11 Å². The number of rotatable bonds is 6. The Labute approximate surface area is 176 Å². The zero-order valence-corrected chi connectivity index (χ0v) is 17.0. The maximum Gasteiger partial charge on any atom is 0.321 e. The molecule has 1 aromatic heterocycles. The van der Waals surface area contributed by atoms with Crippen LogP contribution in [0.1, 0.15) is 42.5 Å². The Balaban J connectivity index is 1.44. The van der Waals surface area contributed by atoms with Crippen LogP contribution in [-0.2, 0) is 0 Å². The Kier molecular flexibility index (Phi) is 6.23. The van der Waals surface area contributed by atoms with Crippen molar-refractivity contribution in [3.05, 3.63) is 66.5 Å². The molecule has 0 atom stereocenters. The molecule has 1 saturated carbocycles. The fourth-order valence-corrected chi connectivity index (χ4v) is 3.64. The molecule has 1 heterocycles. The second-order valence-corrected chi connectivity index (χ2v) is 7.42. The van der Waals surface area contributed by atoms with Gasteiger partial charge in [-0.2, -0.15) is 0 Å². The largest absolute Gasteiger partial charge is 0.497 e. The van der Waals surface area contributed by atoms with E-state index in [-0.39, 0.29) is 18.0 Å². The van der Waals surface area contributed by atoms with Crippen LogP contribution in [0.2, 0.25) is 0 Å². The van der Waals surface area contributed by atoms with E-state index >= 15 is 0 Å². The molecule has 0 radical (unpaired) electrons. The predicted octanol–water partition coefficient (Wildman–Crippen LogP) is 5.01. The zero-order chi connectivity index (χ0) is 20.8. The molecule has 6 nitrogen and oxygen atoms in total. The molecule has 1 aliphatic carbocycles. The Morgan fingerprint density at radius 1 is 0.933 bits per heavy atom. The van der Waals surface area contributed by atoms with E-state index in [9.17, 15) is 4.79 Å². The van der Waals surface area contributed by atoms with Crippen molar-refractivity contribution < 1.29 is 14.3 Å². The molecule has 2 aromatic carbocycles. The molecule has 4 rings (SSSR count). The highest BCUT2D eigenvalue weighted by molar-refractivity contribution is 5.95. The number of aromatic nitrogens is 2. The molecule has 0 bridgehead atoms. The van der Waals surface area contributed by atoms with Crippen LogP contribution < -0.4 is 14.8 Å². The van der Waals surface area contributed by atoms with Gasteiger partial charge in [-0.1, -0.05) is 37.5 Å². The minimum atomic E-state index is -0.0253. The highest BCUT2D eigenvalue weighted by atomic mass is 16.5. The van der Waals surface area contributed by atoms with Gasteiger partial charge in [0.15, 0.2) is 0 Å². The van der Waals surface area contributed by atoms with Gasteiger partial charge in [-0.15, -0.1) is 0 Å². The van der Waals surface area contributed by atoms with Gasteiger partial charge in [0.2, 0.25) is 0 Å². The third-order valence-corrected chi connectivity index (χ3v) is 5.28. The summed E-state index contributed by atoms with van der Waals surface area (Å²) in [7, 11) is 1.61. The first kappa shape index (κ1) is 19.9. The van der Waals surface area contributed by atoms with Crippen LogP contribution in [0.15, 0.2) is 60.9 Å². The van der Waals surface area contributed by atoms with E-state index in [0.717, 1.165) is 24.0 Å². The number of methoxy groups -OCH3 is 1. The summed E-state index contributed by atoms with van der Waals surface area (Å²) in [6.45, 7) is 0. The Bertz CT molecular complexity index is 999. The SMILES string of the molecule is COc1cccc(Oc2ncc(-c3cccc(C(=O)NC4CCCCC4)c3)cn2)c1. The standard InChI is InChI=1S/C24H25N3O3/c1-29-21-11-6-12-22(14-21)30-24-25-15-19(16-26-24)17-7-5-8-18(13-17)23(28)27-20-9-3-2-4-10-20/h5-8,11-16,20H,2-4,9-10H2,1H3,(H,27,28). The molecular formula is C24H25N3O3. The first-order valence-electron chi connectivity index (χ1n) is 10.3. The number of nitrogens with zero attached hydrogens (tertiary/aromatic N) is 2. The van der Waals surface area contributed by atoms with Crippen LogP contribution in [-0.4, -0.2) is 29.0 Å². The first-order chi connectivity index (χ1) is 14.7. The summed E-state index contributed by atoms with van der Waals surface area (Å²) >= 11 is 0. The van der Waals surface area contributed by atoms with Crippen molar-refractivity contribution >= 4 is 5.91 Å². The maximum atomic E-state index is 12.6. The highest BCUT2D eigenvalue weighted by Gasteiger charge is 2.17. The lowest BCUT2D eigenvalue weighted by Gasteiger charge is -2.22. The molecular weight excluding hydrogens is 378 g/mol. The zero-order valence-electron chi connectivity index (χ0n) is 17.0. The van der Waals surface area contributed by atoms with E-state index in [1.807, 2.05) is 42.5 Å². The number of hydrogen-bond acceptors (Lipinski definition) is 5. The summed E-state index contributed by atoms with van der Waals surface area (Å²) in [5.74, 6) is 1.28. The van der Waals surface area contributed by atoms with Crippen molar-refractivity contribution in [1.29, 1.82) is 0 Å².